The van der Waals surface area contributed by atoms with Crippen LogP contribution in [0.2, 0.25) is 0 Å². The van der Waals surface area contributed by atoms with E-state index < -0.39 is 12.3 Å². The minimum Gasteiger partial charge on any atom is -0.462 e. The van der Waals surface area contributed by atoms with Gasteiger partial charge in [-0.1, -0.05) is 13.3 Å². The van der Waals surface area contributed by atoms with Crippen LogP contribution in [-0.2, 0) is 14.3 Å². The molecule has 15 heavy (non-hydrogen) atoms. The summed E-state index contributed by atoms with van der Waals surface area (Å²) >= 11 is 0. The van der Waals surface area contributed by atoms with Crippen molar-refractivity contribution in [2.45, 2.75) is 33.0 Å². The largest absolute Gasteiger partial charge is 0.462 e. The van der Waals surface area contributed by atoms with Crippen LogP contribution in [0.5, 0.6) is 0 Å². The van der Waals surface area contributed by atoms with E-state index in [9.17, 15) is 14.0 Å². The van der Waals surface area contributed by atoms with Gasteiger partial charge in [-0.3, -0.25) is 4.79 Å². The number of likely N-dealkylation sites (tertiary alicyclic amines) is 1. The summed E-state index contributed by atoms with van der Waals surface area (Å²) in [6.07, 6.45) is -0.789. The molecule has 0 bridgehead atoms. The van der Waals surface area contributed by atoms with Gasteiger partial charge < -0.3 is 9.64 Å². The number of halogens is 1. The van der Waals surface area contributed by atoms with Crippen LogP contribution in [0.1, 0.15) is 26.7 Å². The Hall–Kier alpha value is -1.13. The van der Waals surface area contributed by atoms with Crippen molar-refractivity contribution in [2.75, 3.05) is 13.2 Å². The van der Waals surface area contributed by atoms with Crippen molar-refractivity contribution < 1.29 is 18.7 Å². The maximum Gasteiger partial charge on any atom is 0.362 e. The molecular formula is C10H16FNO3. The summed E-state index contributed by atoms with van der Waals surface area (Å²) in [5.41, 5.74) is 0. The second kappa shape index (κ2) is 5.09. The topological polar surface area (TPSA) is 46.6 Å². The molecule has 0 saturated carbocycles. The van der Waals surface area contributed by atoms with Crippen LogP contribution < -0.4 is 0 Å². The summed E-state index contributed by atoms with van der Waals surface area (Å²) in [7, 11) is 0. The number of rotatable bonds is 4. The molecule has 1 aliphatic heterocycles. The molecule has 0 N–H and O–H groups in total. The van der Waals surface area contributed by atoms with E-state index in [1.54, 1.807) is 6.92 Å². The molecule has 86 valence electrons. The zero-order valence-electron chi connectivity index (χ0n) is 9.03. The van der Waals surface area contributed by atoms with Crippen molar-refractivity contribution >= 4 is 11.9 Å². The number of hydrogen-bond acceptors (Lipinski definition) is 3. The number of nitrogens with zero attached hydrogens (tertiary/aromatic N) is 1. The predicted molar refractivity (Wildman–Crippen MR) is 51.6 cm³/mol. The second-order valence-electron chi connectivity index (χ2n) is 3.61. The molecule has 4 nitrogen and oxygen atoms in total. The van der Waals surface area contributed by atoms with E-state index in [2.05, 4.69) is 4.74 Å². The van der Waals surface area contributed by atoms with E-state index in [0.29, 0.717) is 13.0 Å². The molecule has 0 radical (unpaired) electrons. The Morgan fingerprint density at radius 1 is 1.67 bits per heavy atom. The lowest BCUT2D eigenvalue weighted by Gasteiger charge is -2.19. The number of amides is 1. The Labute approximate surface area is 88.4 Å². The first kappa shape index (κ1) is 11.9. The molecule has 1 aliphatic rings. The summed E-state index contributed by atoms with van der Waals surface area (Å²) in [5.74, 6) is -1.12. The molecule has 0 aromatic heterocycles. The number of hydrogen-bond donors (Lipinski definition) is 0. The molecule has 0 aliphatic carbocycles. The van der Waals surface area contributed by atoms with E-state index in [4.69, 9.17) is 0 Å². The molecule has 5 heteroatoms. The van der Waals surface area contributed by atoms with Crippen LogP contribution in [0.3, 0.4) is 0 Å². The van der Waals surface area contributed by atoms with Crippen molar-refractivity contribution in [2.24, 2.45) is 5.92 Å². The summed E-state index contributed by atoms with van der Waals surface area (Å²) in [5, 5.41) is 0. The van der Waals surface area contributed by atoms with E-state index >= 15 is 0 Å². The first-order valence-corrected chi connectivity index (χ1v) is 5.20. The minimum absolute atomic E-state index is 0.124. The smallest absolute Gasteiger partial charge is 0.362 e. The fourth-order valence-corrected chi connectivity index (χ4v) is 1.64. The van der Waals surface area contributed by atoms with E-state index in [-0.39, 0.29) is 18.4 Å². The van der Waals surface area contributed by atoms with Crippen molar-refractivity contribution in [1.29, 1.82) is 0 Å². The molecule has 2 atom stereocenters. The van der Waals surface area contributed by atoms with Gasteiger partial charge in [0.15, 0.2) is 0 Å². The third-order valence-corrected chi connectivity index (χ3v) is 2.57. The number of esters is 1. The highest BCUT2D eigenvalue weighted by Gasteiger charge is 2.37. The van der Waals surface area contributed by atoms with Gasteiger partial charge in [0.1, 0.15) is 0 Å². The molecule has 1 saturated heterocycles. The van der Waals surface area contributed by atoms with E-state index in [1.807, 2.05) is 6.92 Å². The maximum absolute atomic E-state index is 13.5. The van der Waals surface area contributed by atoms with Crippen molar-refractivity contribution in [1.82, 2.24) is 4.90 Å². The third-order valence-electron chi connectivity index (χ3n) is 2.57. The average Bonchev–Trinajstić information content (AvgIpc) is 2.59. The number of carbonyl (C=O) groups is 2. The fourth-order valence-electron chi connectivity index (χ4n) is 1.64. The Morgan fingerprint density at radius 3 is 2.80 bits per heavy atom. The lowest BCUT2D eigenvalue weighted by Crippen LogP contribution is -2.40. The highest BCUT2D eigenvalue weighted by Crippen LogP contribution is 2.23. The summed E-state index contributed by atoms with van der Waals surface area (Å²) in [4.78, 5) is 23.4. The number of alkyl halides is 1. The van der Waals surface area contributed by atoms with Gasteiger partial charge in [-0.2, -0.15) is 0 Å². The zero-order chi connectivity index (χ0) is 11.4. The molecule has 0 aromatic carbocycles. The average molecular weight is 217 g/mol. The van der Waals surface area contributed by atoms with Gasteiger partial charge in [0.2, 0.25) is 5.91 Å². The highest BCUT2D eigenvalue weighted by molar-refractivity contribution is 5.85. The second-order valence-corrected chi connectivity index (χ2v) is 3.61. The van der Waals surface area contributed by atoms with Gasteiger partial charge in [-0.15, -0.1) is 0 Å². The SMILES string of the molecule is CCOC(=O)C(F)N1CC(CC)CC1=O. The van der Waals surface area contributed by atoms with Gasteiger partial charge in [0, 0.05) is 13.0 Å². The van der Waals surface area contributed by atoms with Crippen LogP contribution in [0, 0.1) is 5.92 Å². The normalized spacial score (nSPS) is 23.0. The van der Waals surface area contributed by atoms with Gasteiger partial charge in [-0.25, -0.2) is 9.18 Å². The number of ether oxygens (including phenoxy) is 1. The predicted octanol–water partition coefficient (Wildman–Crippen LogP) is 1.10. The molecule has 1 heterocycles. The molecule has 0 spiro atoms. The van der Waals surface area contributed by atoms with Crippen LogP contribution in [0.4, 0.5) is 4.39 Å². The van der Waals surface area contributed by atoms with Crippen molar-refractivity contribution in [3.05, 3.63) is 0 Å². The molecule has 0 aromatic rings. The molecular weight excluding hydrogens is 201 g/mol. The van der Waals surface area contributed by atoms with Crippen LogP contribution in [0.25, 0.3) is 0 Å². The van der Waals surface area contributed by atoms with E-state index in [0.717, 1.165) is 11.3 Å². The lowest BCUT2D eigenvalue weighted by molar-refractivity contribution is -0.160. The lowest BCUT2D eigenvalue weighted by atomic mass is 10.1. The molecule has 1 amide bonds. The molecule has 2 unspecified atom stereocenters. The van der Waals surface area contributed by atoms with Crippen LogP contribution >= 0.6 is 0 Å². The Bertz CT molecular complexity index is 255. The fraction of sp³-hybridized carbons (Fsp3) is 0.800. The first-order valence-electron chi connectivity index (χ1n) is 5.20. The van der Waals surface area contributed by atoms with E-state index in [1.165, 1.54) is 0 Å². The van der Waals surface area contributed by atoms with Crippen LogP contribution in [-0.4, -0.2) is 36.2 Å². The summed E-state index contributed by atoms with van der Waals surface area (Å²) in [6, 6.07) is 0. The summed E-state index contributed by atoms with van der Waals surface area (Å²) in [6.45, 7) is 3.98. The molecule has 1 rings (SSSR count). The van der Waals surface area contributed by atoms with Gasteiger partial charge in [-0.05, 0) is 12.8 Å². The summed E-state index contributed by atoms with van der Waals surface area (Å²) < 4.78 is 18.0. The highest BCUT2D eigenvalue weighted by atomic mass is 19.1. The zero-order valence-corrected chi connectivity index (χ0v) is 9.03. The van der Waals surface area contributed by atoms with Gasteiger partial charge >= 0.3 is 5.97 Å². The minimum atomic E-state index is -1.94. The Balaban J connectivity index is 2.56. The van der Waals surface area contributed by atoms with Crippen molar-refractivity contribution in [3.8, 4) is 0 Å². The van der Waals surface area contributed by atoms with Crippen LogP contribution in [0.15, 0.2) is 0 Å². The number of carbonyl (C=O) groups excluding carboxylic acids is 2. The maximum atomic E-state index is 13.5. The van der Waals surface area contributed by atoms with Gasteiger partial charge in [0.05, 0.1) is 6.61 Å². The first-order chi connectivity index (χ1) is 7.10. The quantitative estimate of drug-likeness (QED) is 0.523. The Kier molecular flexibility index (Phi) is 4.05. The standard InChI is InChI=1S/C10H16FNO3/c1-3-7-5-8(13)12(6-7)9(11)10(14)15-4-2/h7,9H,3-6H2,1-2H3. The Morgan fingerprint density at radius 2 is 2.33 bits per heavy atom. The van der Waals surface area contributed by atoms with Crippen molar-refractivity contribution in [3.63, 3.8) is 0 Å². The monoisotopic (exact) mass is 217 g/mol. The molecule has 1 fully saturated rings. The van der Waals surface area contributed by atoms with Gasteiger partial charge in [0.25, 0.3) is 6.30 Å². The third kappa shape index (κ3) is 2.67.